The van der Waals surface area contributed by atoms with E-state index >= 15 is 0 Å². The second-order valence-corrected chi connectivity index (χ2v) is 8.73. The highest BCUT2D eigenvalue weighted by Crippen LogP contribution is 2.66. The first-order valence-electron chi connectivity index (χ1n) is 9.56. The summed E-state index contributed by atoms with van der Waals surface area (Å²) in [4.78, 5) is 0. The van der Waals surface area contributed by atoms with E-state index in [4.69, 9.17) is 16.3 Å². The van der Waals surface area contributed by atoms with Crippen molar-refractivity contribution in [3.05, 3.63) is 64.7 Å². The maximum atomic E-state index is 6.46. The number of benzene rings is 2. The van der Waals surface area contributed by atoms with Crippen LogP contribution in [0.1, 0.15) is 57.8 Å². The van der Waals surface area contributed by atoms with Gasteiger partial charge in [-0.2, -0.15) is 0 Å². The topological polar surface area (TPSA) is 21.3 Å². The Morgan fingerprint density at radius 1 is 1.12 bits per heavy atom. The molecule has 1 unspecified atom stereocenters. The van der Waals surface area contributed by atoms with Crippen LogP contribution in [0.5, 0.6) is 0 Å². The second kappa shape index (κ2) is 7.62. The van der Waals surface area contributed by atoms with Gasteiger partial charge in [0.25, 0.3) is 0 Å². The highest BCUT2D eigenvalue weighted by atomic mass is 35.5. The van der Waals surface area contributed by atoms with E-state index in [1.807, 2.05) is 12.1 Å². The minimum Gasteiger partial charge on any atom is -0.380 e. The van der Waals surface area contributed by atoms with Crippen LogP contribution in [0.3, 0.4) is 0 Å². The van der Waals surface area contributed by atoms with Gasteiger partial charge in [0.1, 0.15) is 0 Å². The Morgan fingerprint density at radius 2 is 1.81 bits per heavy atom. The van der Waals surface area contributed by atoms with Gasteiger partial charge in [-0.1, -0.05) is 68.8 Å². The summed E-state index contributed by atoms with van der Waals surface area (Å²) in [5.74, 6) is 0. The highest BCUT2D eigenvalue weighted by Gasteiger charge is 2.58. The van der Waals surface area contributed by atoms with Crippen LogP contribution in [0.15, 0.2) is 48.5 Å². The van der Waals surface area contributed by atoms with Gasteiger partial charge in [-0.3, -0.25) is 0 Å². The molecule has 0 amide bonds. The predicted molar refractivity (Wildman–Crippen MR) is 111 cm³/mol. The van der Waals surface area contributed by atoms with Crippen molar-refractivity contribution in [1.29, 1.82) is 0 Å². The third kappa shape index (κ3) is 3.92. The molecule has 1 aliphatic rings. The van der Waals surface area contributed by atoms with Gasteiger partial charge in [-0.05, 0) is 48.4 Å². The summed E-state index contributed by atoms with van der Waals surface area (Å²) >= 11 is 6.46. The molecule has 1 atom stereocenters. The molecule has 1 fully saturated rings. The van der Waals surface area contributed by atoms with Crippen molar-refractivity contribution < 1.29 is 4.74 Å². The first-order valence-corrected chi connectivity index (χ1v) is 9.94. The Kier molecular flexibility index (Phi) is 5.64. The van der Waals surface area contributed by atoms with E-state index in [0.717, 1.165) is 23.9 Å². The Balaban J connectivity index is 1.85. The van der Waals surface area contributed by atoms with Crippen LogP contribution in [0.25, 0.3) is 0 Å². The van der Waals surface area contributed by atoms with E-state index in [2.05, 4.69) is 69.4 Å². The molecule has 0 bridgehead atoms. The molecule has 0 radical (unpaired) electrons. The molecular formula is C23H30ClNO. The van der Waals surface area contributed by atoms with E-state index in [0.29, 0.717) is 0 Å². The first-order chi connectivity index (χ1) is 12.4. The number of anilines is 1. The van der Waals surface area contributed by atoms with Crippen molar-refractivity contribution in [3.8, 4) is 0 Å². The first kappa shape index (κ1) is 19.3. The Morgan fingerprint density at radius 3 is 2.38 bits per heavy atom. The fourth-order valence-corrected chi connectivity index (χ4v) is 4.10. The third-order valence-corrected chi connectivity index (χ3v) is 6.07. The SMILES string of the molecule is CCOC(c1ccc(Cl)c(NCc2ccccc2)c1)C1(C(C)(C)C)CC1. The molecule has 2 nitrogen and oxygen atoms in total. The number of halogens is 1. The zero-order valence-corrected chi connectivity index (χ0v) is 17.1. The monoisotopic (exact) mass is 371 g/mol. The number of ether oxygens (including phenoxy) is 1. The van der Waals surface area contributed by atoms with Gasteiger partial charge in [-0.25, -0.2) is 0 Å². The third-order valence-electron chi connectivity index (χ3n) is 5.74. The highest BCUT2D eigenvalue weighted by molar-refractivity contribution is 6.33. The van der Waals surface area contributed by atoms with Crippen molar-refractivity contribution in [1.82, 2.24) is 0 Å². The number of hydrogen-bond donors (Lipinski definition) is 1. The average Bonchev–Trinajstić information content (AvgIpc) is 3.42. The largest absolute Gasteiger partial charge is 0.380 e. The summed E-state index contributed by atoms with van der Waals surface area (Å²) in [7, 11) is 0. The molecule has 0 spiro atoms. The molecule has 3 heteroatoms. The zero-order chi connectivity index (χ0) is 18.8. The van der Waals surface area contributed by atoms with Crippen LogP contribution in [0.4, 0.5) is 5.69 Å². The fourth-order valence-electron chi connectivity index (χ4n) is 3.92. The lowest BCUT2D eigenvalue weighted by molar-refractivity contribution is -0.0369. The molecule has 0 heterocycles. The molecule has 26 heavy (non-hydrogen) atoms. The van der Waals surface area contributed by atoms with Crippen LogP contribution < -0.4 is 5.32 Å². The summed E-state index contributed by atoms with van der Waals surface area (Å²) in [6, 6.07) is 16.7. The van der Waals surface area contributed by atoms with Crippen molar-refractivity contribution in [2.45, 2.75) is 53.2 Å². The standard InChI is InChI=1S/C23H30ClNO/c1-5-26-21(23(13-14-23)22(2,3)4)18-11-12-19(24)20(15-18)25-16-17-9-7-6-8-10-17/h6-12,15,21,25H,5,13-14,16H2,1-4H3. The minimum atomic E-state index is 0.113. The van der Waals surface area contributed by atoms with Gasteiger partial charge in [0.15, 0.2) is 0 Å². The molecular weight excluding hydrogens is 342 g/mol. The second-order valence-electron chi connectivity index (χ2n) is 8.32. The van der Waals surface area contributed by atoms with E-state index < -0.39 is 0 Å². The predicted octanol–water partition coefficient (Wildman–Crippen LogP) is 6.86. The molecule has 140 valence electrons. The molecule has 1 aliphatic carbocycles. The number of rotatable bonds is 7. The fraction of sp³-hybridized carbons (Fsp3) is 0.478. The maximum absolute atomic E-state index is 6.46. The zero-order valence-electron chi connectivity index (χ0n) is 16.3. The molecule has 0 aliphatic heterocycles. The number of nitrogens with one attached hydrogen (secondary N) is 1. The van der Waals surface area contributed by atoms with Gasteiger partial charge < -0.3 is 10.1 Å². The maximum Gasteiger partial charge on any atom is 0.0886 e. The van der Waals surface area contributed by atoms with Gasteiger partial charge in [0.05, 0.1) is 16.8 Å². The Hall–Kier alpha value is -1.51. The Bertz CT molecular complexity index is 732. The summed E-state index contributed by atoms with van der Waals surface area (Å²) in [6.45, 7) is 10.5. The quantitative estimate of drug-likeness (QED) is 0.574. The lowest BCUT2D eigenvalue weighted by Gasteiger charge is -2.38. The van der Waals surface area contributed by atoms with Gasteiger partial charge in [0, 0.05) is 18.6 Å². The molecule has 1 N–H and O–H groups in total. The van der Waals surface area contributed by atoms with Crippen LogP contribution in [0.2, 0.25) is 5.02 Å². The molecule has 0 saturated heterocycles. The lowest BCUT2D eigenvalue weighted by atomic mass is 9.72. The van der Waals surface area contributed by atoms with Crippen LogP contribution in [-0.4, -0.2) is 6.61 Å². The minimum absolute atomic E-state index is 0.113. The normalized spacial score (nSPS) is 17.0. The molecule has 2 aromatic rings. The van der Waals surface area contributed by atoms with E-state index in [1.54, 1.807) is 0 Å². The molecule has 0 aromatic heterocycles. The van der Waals surface area contributed by atoms with Gasteiger partial charge >= 0.3 is 0 Å². The summed E-state index contributed by atoms with van der Waals surface area (Å²) in [5.41, 5.74) is 3.86. The molecule has 1 saturated carbocycles. The van der Waals surface area contributed by atoms with Crippen molar-refractivity contribution in [2.75, 3.05) is 11.9 Å². The molecule has 3 rings (SSSR count). The van der Waals surface area contributed by atoms with Crippen LogP contribution >= 0.6 is 11.6 Å². The summed E-state index contributed by atoms with van der Waals surface area (Å²) in [6.07, 6.45) is 2.55. The average molecular weight is 372 g/mol. The molecule has 2 aromatic carbocycles. The van der Waals surface area contributed by atoms with Crippen molar-refractivity contribution >= 4 is 17.3 Å². The smallest absolute Gasteiger partial charge is 0.0886 e. The van der Waals surface area contributed by atoms with Crippen molar-refractivity contribution in [2.24, 2.45) is 10.8 Å². The Labute approximate surface area is 162 Å². The van der Waals surface area contributed by atoms with E-state index in [1.165, 1.54) is 24.0 Å². The van der Waals surface area contributed by atoms with E-state index in [9.17, 15) is 0 Å². The number of hydrogen-bond acceptors (Lipinski definition) is 2. The van der Waals surface area contributed by atoms with Crippen LogP contribution in [-0.2, 0) is 11.3 Å². The van der Waals surface area contributed by atoms with Gasteiger partial charge in [-0.15, -0.1) is 0 Å². The summed E-state index contributed by atoms with van der Waals surface area (Å²) in [5, 5.41) is 4.24. The summed E-state index contributed by atoms with van der Waals surface area (Å²) < 4.78 is 6.27. The lowest BCUT2D eigenvalue weighted by Crippen LogP contribution is -2.30. The van der Waals surface area contributed by atoms with E-state index in [-0.39, 0.29) is 16.9 Å². The van der Waals surface area contributed by atoms with Crippen molar-refractivity contribution in [3.63, 3.8) is 0 Å². The van der Waals surface area contributed by atoms with Crippen LogP contribution in [0, 0.1) is 10.8 Å². The van der Waals surface area contributed by atoms with Gasteiger partial charge in [0.2, 0.25) is 0 Å².